The maximum Gasteiger partial charge on any atom is 0.534 e. The first-order valence-electron chi connectivity index (χ1n) is 8.57. The lowest BCUT2D eigenvalue weighted by molar-refractivity contribution is -0.140. The summed E-state index contributed by atoms with van der Waals surface area (Å²) in [5.74, 6) is -2.80. The van der Waals surface area contributed by atoms with Gasteiger partial charge in [-0.3, -0.25) is 4.79 Å². The van der Waals surface area contributed by atoms with Gasteiger partial charge in [0.05, 0.1) is 7.11 Å². The van der Waals surface area contributed by atoms with E-state index in [1.807, 2.05) is 0 Å². The van der Waals surface area contributed by atoms with Gasteiger partial charge in [0.25, 0.3) is 0 Å². The monoisotopic (exact) mass is 452 g/mol. The number of allylic oxidation sites excluding steroid dienone is 2. The van der Waals surface area contributed by atoms with E-state index in [9.17, 15) is 36.3 Å². The lowest BCUT2D eigenvalue weighted by Crippen LogP contribution is -2.28. The van der Waals surface area contributed by atoms with Crippen LogP contribution in [0.5, 0.6) is 11.5 Å². The highest BCUT2D eigenvalue weighted by Gasteiger charge is 2.49. The van der Waals surface area contributed by atoms with Gasteiger partial charge >= 0.3 is 27.6 Å². The predicted octanol–water partition coefficient (Wildman–Crippen LogP) is 3.04. The minimum absolute atomic E-state index is 0.0417. The second-order valence-electron chi connectivity index (χ2n) is 6.52. The van der Waals surface area contributed by atoms with Crippen LogP contribution in [0.4, 0.5) is 13.2 Å². The van der Waals surface area contributed by atoms with Gasteiger partial charge in [0.15, 0.2) is 5.75 Å². The topological polar surface area (TPSA) is 116 Å². The van der Waals surface area contributed by atoms with Crippen LogP contribution in [0, 0.1) is 6.92 Å². The van der Waals surface area contributed by atoms with Crippen molar-refractivity contribution in [2.75, 3.05) is 7.11 Å². The fourth-order valence-electron chi connectivity index (χ4n) is 2.80. The van der Waals surface area contributed by atoms with E-state index in [1.165, 1.54) is 20.1 Å². The number of esters is 2. The quantitative estimate of drug-likeness (QED) is 0.290. The number of phenols is 1. The Hall–Kier alpha value is -2.76. The number of hydrogen-bond acceptors (Lipinski definition) is 8. The molecule has 0 saturated heterocycles. The number of halogens is 3. The lowest BCUT2D eigenvalue weighted by atomic mass is 9.95. The van der Waals surface area contributed by atoms with Crippen LogP contribution in [-0.2, 0) is 37.4 Å². The molecule has 1 aliphatic rings. The summed E-state index contributed by atoms with van der Waals surface area (Å²) in [5.41, 5.74) is -5.68. The number of cyclic esters (lactones) is 1. The molecule has 0 radical (unpaired) electrons. The summed E-state index contributed by atoms with van der Waals surface area (Å²) >= 11 is 0. The Morgan fingerprint density at radius 2 is 1.93 bits per heavy atom. The summed E-state index contributed by atoms with van der Waals surface area (Å²) < 4.78 is 75.3. The highest BCUT2D eigenvalue weighted by atomic mass is 32.2. The highest BCUT2D eigenvalue weighted by molar-refractivity contribution is 7.88. The van der Waals surface area contributed by atoms with Gasteiger partial charge in [0.1, 0.15) is 17.9 Å². The molecule has 30 heavy (non-hydrogen) atoms. The van der Waals surface area contributed by atoms with Gasteiger partial charge < -0.3 is 18.8 Å². The van der Waals surface area contributed by atoms with Gasteiger partial charge in [0, 0.05) is 23.1 Å². The maximum absolute atomic E-state index is 12.8. The second kappa shape index (κ2) is 8.54. The van der Waals surface area contributed by atoms with Crippen molar-refractivity contribution in [3.63, 3.8) is 0 Å². The summed E-state index contributed by atoms with van der Waals surface area (Å²) in [6.07, 6.45) is 1.52. The van der Waals surface area contributed by atoms with Crippen molar-refractivity contribution in [3.05, 3.63) is 33.9 Å². The highest BCUT2D eigenvalue weighted by Crippen LogP contribution is 2.43. The Morgan fingerprint density at radius 1 is 1.30 bits per heavy atom. The number of phenolic OH excluding ortho intramolecular Hbond substituents is 1. The fourth-order valence-corrected chi connectivity index (χ4v) is 3.34. The Labute approximate surface area is 170 Å². The molecule has 0 saturated carbocycles. The molecule has 8 nitrogen and oxygen atoms in total. The second-order valence-corrected chi connectivity index (χ2v) is 8.06. The zero-order valence-corrected chi connectivity index (χ0v) is 17.1. The fraction of sp³-hybridized carbons (Fsp3) is 0.444. The molecule has 1 aliphatic heterocycles. The molecule has 0 bridgehead atoms. The van der Waals surface area contributed by atoms with Crippen LogP contribution in [0.1, 0.15) is 46.8 Å². The van der Waals surface area contributed by atoms with Crippen molar-refractivity contribution in [2.45, 2.75) is 45.2 Å². The number of alkyl halides is 3. The van der Waals surface area contributed by atoms with Crippen LogP contribution in [0.15, 0.2) is 11.6 Å². The number of carbonyl (C=O) groups excluding carboxylic acids is 2. The number of rotatable bonds is 7. The minimum atomic E-state index is -6.03. The Morgan fingerprint density at radius 3 is 2.50 bits per heavy atom. The molecule has 0 aliphatic carbocycles. The van der Waals surface area contributed by atoms with Crippen molar-refractivity contribution in [2.24, 2.45) is 0 Å². The molecule has 12 heteroatoms. The predicted molar refractivity (Wildman–Crippen MR) is 96.3 cm³/mol. The molecule has 0 fully saturated rings. The lowest BCUT2D eigenvalue weighted by Gasteiger charge is -2.18. The van der Waals surface area contributed by atoms with Crippen LogP contribution in [0.25, 0.3) is 0 Å². The minimum Gasteiger partial charge on any atom is -0.507 e. The Kier molecular flexibility index (Phi) is 6.70. The van der Waals surface area contributed by atoms with E-state index < -0.39 is 39.1 Å². The number of hydrogen-bond donors (Lipinski definition) is 1. The van der Waals surface area contributed by atoms with Crippen molar-refractivity contribution >= 4 is 22.1 Å². The van der Waals surface area contributed by atoms with Gasteiger partial charge in [-0.05, 0) is 26.7 Å². The van der Waals surface area contributed by atoms with Gasteiger partial charge in [-0.2, -0.15) is 21.6 Å². The van der Waals surface area contributed by atoms with Gasteiger partial charge in [-0.15, -0.1) is 0 Å². The SMILES string of the molecule is COC(=O)CC/C(C)=C/Cc1c(O)c2c(c(C)c1OS(=O)(=O)C(F)(F)F)COC2=O. The smallest absolute Gasteiger partial charge is 0.507 e. The molecule has 0 spiro atoms. The third-order valence-electron chi connectivity index (χ3n) is 4.53. The van der Waals surface area contributed by atoms with Gasteiger partial charge in [-0.1, -0.05) is 11.6 Å². The van der Waals surface area contributed by atoms with Crippen molar-refractivity contribution < 1.29 is 49.9 Å². The van der Waals surface area contributed by atoms with Crippen LogP contribution in [0.3, 0.4) is 0 Å². The van der Waals surface area contributed by atoms with Crippen LogP contribution >= 0.6 is 0 Å². The van der Waals surface area contributed by atoms with Gasteiger partial charge in [0.2, 0.25) is 0 Å². The summed E-state index contributed by atoms with van der Waals surface area (Å²) in [7, 11) is -4.81. The first kappa shape index (κ1) is 23.5. The zero-order chi connectivity index (χ0) is 22.9. The summed E-state index contributed by atoms with van der Waals surface area (Å²) in [6, 6.07) is 0. The normalized spacial score (nSPS) is 14.3. The summed E-state index contributed by atoms with van der Waals surface area (Å²) in [5, 5.41) is 10.5. The van der Waals surface area contributed by atoms with E-state index in [4.69, 9.17) is 4.74 Å². The zero-order valence-electron chi connectivity index (χ0n) is 16.3. The number of fused-ring (bicyclic) bond motifs is 1. The standard InChI is InChI=1S/C18H19F3O8S/c1-9(5-7-13(22)27-3)4-6-11-15(23)14-12(8-28-17(14)24)10(2)16(11)29-30(25,26)18(19,20)21/h4,23H,5-8H2,1-3H3/b9-4+. The molecular weight excluding hydrogens is 433 g/mol. The third-order valence-corrected chi connectivity index (χ3v) is 5.48. The van der Waals surface area contributed by atoms with Crippen molar-refractivity contribution in [1.29, 1.82) is 0 Å². The first-order valence-corrected chi connectivity index (χ1v) is 9.98. The number of carbonyl (C=O) groups is 2. The molecule has 2 rings (SSSR count). The summed E-state index contributed by atoms with van der Waals surface area (Å²) in [6.45, 7) is 2.55. The van der Waals surface area contributed by atoms with Crippen molar-refractivity contribution in [1.82, 2.24) is 0 Å². The molecule has 0 amide bonds. The van der Waals surface area contributed by atoms with Gasteiger partial charge in [-0.25, -0.2) is 4.79 Å². The maximum atomic E-state index is 12.8. The molecule has 0 aromatic heterocycles. The van der Waals surface area contributed by atoms with Crippen LogP contribution in [0.2, 0.25) is 0 Å². The molecule has 1 heterocycles. The van der Waals surface area contributed by atoms with E-state index in [2.05, 4.69) is 8.92 Å². The number of ether oxygens (including phenoxy) is 2. The van der Waals surface area contributed by atoms with Crippen molar-refractivity contribution in [3.8, 4) is 11.5 Å². The van der Waals surface area contributed by atoms with E-state index in [1.54, 1.807) is 6.92 Å². The average molecular weight is 452 g/mol. The Bertz CT molecular complexity index is 1010. The van der Waals surface area contributed by atoms with Crippen LogP contribution < -0.4 is 4.18 Å². The molecule has 166 valence electrons. The molecule has 1 N–H and O–H groups in total. The van der Waals surface area contributed by atoms with E-state index in [0.29, 0.717) is 5.57 Å². The third kappa shape index (κ3) is 4.69. The summed E-state index contributed by atoms with van der Waals surface area (Å²) in [4.78, 5) is 23.1. The van der Waals surface area contributed by atoms with E-state index in [-0.39, 0.29) is 48.1 Å². The van der Waals surface area contributed by atoms with E-state index in [0.717, 1.165) is 0 Å². The van der Waals surface area contributed by atoms with Crippen LogP contribution in [-0.4, -0.2) is 38.1 Å². The molecule has 0 unspecified atom stereocenters. The Balaban J connectivity index is 2.52. The molecule has 1 aromatic carbocycles. The van der Waals surface area contributed by atoms with E-state index >= 15 is 0 Å². The average Bonchev–Trinajstić information content (AvgIpc) is 3.04. The largest absolute Gasteiger partial charge is 0.534 e. The number of methoxy groups -OCH3 is 1. The number of benzene rings is 1. The molecule has 0 atom stereocenters. The number of aromatic hydroxyl groups is 1. The molecular formula is C18H19F3O8S. The molecule has 1 aromatic rings. The first-order chi connectivity index (χ1) is 13.8.